The molecule has 0 spiro atoms. The Hall–Kier alpha value is -1.91. The molecule has 21 heavy (non-hydrogen) atoms. The molecule has 0 fully saturated rings. The van der Waals surface area contributed by atoms with Crippen LogP contribution in [0, 0.1) is 6.92 Å². The van der Waals surface area contributed by atoms with Crippen LogP contribution in [0.5, 0.6) is 5.75 Å². The molecule has 1 amide bonds. The van der Waals surface area contributed by atoms with Gasteiger partial charge >= 0.3 is 0 Å². The summed E-state index contributed by atoms with van der Waals surface area (Å²) in [6, 6.07) is 10.4. The minimum absolute atomic E-state index is 0.139. The molecule has 0 radical (unpaired) electrons. The van der Waals surface area contributed by atoms with Gasteiger partial charge in [-0.3, -0.25) is 4.79 Å². The van der Waals surface area contributed by atoms with E-state index in [0.29, 0.717) is 17.1 Å². The van der Waals surface area contributed by atoms with Gasteiger partial charge in [0.15, 0.2) is 6.61 Å². The van der Waals surface area contributed by atoms with Crippen molar-refractivity contribution >= 4 is 40.5 Å². The van der Waals surface area contributed by atoms with E-state index in [1.807, 2.05) is 19.1 Å². The van der Waals surface area contributed by atoms with E-state index in [0.717, 1.165) is 5.56 Å². The number of hydrogen-bond acceptors (Lipinski definition) is 3. The van der Waals surface area contributed by atoms with Crippen molar-refractivity contribution in [2.45, 2.75) is 6.92 Å². The molecule has 0 aliphatic rings. The predicted octanol–water partition coefficient (Wildman–Crippen LogP) is 3.90. The Morgan fingerprint density at radius 2 is 1.76 bits per heavy atom. The summed E-state index contributed by atoms with van der Waals surface area (Å²) >= 11 is 12.0. The number of halogens is 2. The lowest BCUT2D eigenvalue weighted by Gasteiger charge is -2.11. The fourth-order valence-corrected chi connectivity index (χ4v) is 2.27. The lowest BCUT2D eigenvalue weighted by molar-refractivity contribution is -0.118. The number of rotatable bonds is 4. The van der Waals surface area contributed by atoms with Gasteiger partial charge in [-0.1, -0.05) is 40.9 Å². The molecule has 0 aromatic heterocycles. The number of amides is 1. The summed E-state index contributed by atoms with van der Waals surface area (Å²) in [4.78, 5) is 11.9. The smallest absolute Gasteiger partial charge is 0.262 e. The first-order valence-electron chi connectivity index (χ1n) is 6.19. The van der Waals surface area contributed by atoms with E-state index < -0.39 is 0 Å². The fraction of sp³-hybridized carbons (Fsp3) is 0.133. The van der Waals surface area contributed by atoms with Crippen molar-refractivity contribution < 1.29 is 9.53 Å². The van der Waals surface area contributed by atoms with Crippen molar-refractivity contribution in [1.82, 2.24) is 0 Å². The number of ether oxygens (including phenoxy) is 1. The molecule has 2 aromatic rings. The molecule has 0 saturated carbocycles. The van der Waals surface area contributed by atoms with Crippen molar-refractivity contribution in [1.29, 1.82) is 0 Å². The first kappa shape index (κ1) is 15.5. The van der Waals surface area contributed by atoms with Crippen molar-refractivity contribution in [2.75, 3.05) is 17.7 Å². The molecule has 4 nitrogen and oxygen atoms in total. The van der Waals surface area contributed by atoms with Crippen LogP contribution in [0.25, 0.3) is 0 Å². The van der Waals surface area contributed by atoms with Crippen molar-refractivity contribution in [3.8, 4) is 5.75 Å². The van der Waals surface area contributed by atoms with Gasteiger partial charge in [-0.05, 0) is 31.2 Å². The molecule has 3 N–H and O–H groups in total. The van der Waals surface area contributed by atoms with Gasteiger partial charge < -0.3 is 15.8 Å². The molecule has 0 aliphatic heterocycles. The van der Waals surface area contributed by atoms with E-state index in [4.69, 9.17) is 33.7 Å². The molecule has 0 heterocycles. The second kappa shape index (κ2) is 6.70. The third kappa shape index (κ3) is 4.28. The number of aryl methyl sites for hydroxylation is 1. The standard InChI is InChI=1S/C15H14Cl2N2O2/c1-9-2-4-11(5-3-9)21-8-14(20)19-15-12(16)6-10(18)7-13(15)17/h2-7H,8,18H2,1H3,(H,19,20). The lowest BCUT2D eigenvalue weighted by Crippen LogP contribution is -2.20. The summed E-state index contributed by atoms with van der Waals surface area (Å²) in [5, 5.41) is 3.17. The highest BCUT2D eigenvalue weighted by atomic mass is 35.5. The molecule has 110 valence electrons. The van der Waals surface area contributed by atoms with E-state index in [-0.39, 0.29) is 22.6 Å². The lowest BCUT2D eigenvalue weighted by atomic mass is 10.2. The Kier molecular flexibility index (Phi) is 4.94. The van der Waals surface area contributed by atoms with E-state index >= 15 is 0 Å². The number of nitrogen functional groups attached to an aromatic ring is 1. The molecule has 0 aliphatic carbocycles. The maximum atomic E-state index is 11.9. The Bertz CT molecular complexity index is 634. The van der Waals surface area contributed by atoms with Gasteiger partial charge in [-0.2, -0.15) is 0 Å². The first-order chi connectivity index (χ1) is 9.95. The average molecular weight is 325 g/mol. The van der Waals surface area contributed by atoms with Crippen LogP contribution in [0.2, 0.25) is 10.0 Å². The van der Waals surface area contributed by atoms with E-state index in [1.165, 1.54) is 12.1 Å². The van der Waals surface area contributed by atoms with Crippen LogP contribution in [-0.4, -0.2) is 12.5 Å². The number of benzene rings is 2. The molecule has 2 rings (SSSR count). The minimum Gasteiger partial charge on any atom is -0.484 e. The number of nitrogens with one attached hydrogen (secondary N) is 1. The first-order valence-corrected chi connectivity index (χ1v) is 6.95. The highest BCUT2D eigenvalue weighted by molar-refractivity contribution is 6.40. The van der Waals surface area contributed by atoms with E-state index in [2.05, 4.69) is 5.32 Å². The molecular weight excluding hydrogens is 311 g/mol. The molecule has 0 bridgehead atoms. The molecule has 6 heteroatoms. The van der Waals surface area contributed by atoms with Crippen LogP contribution in [-0.2, 0) is 4.79 Å². The van der Waals surface area contributed by atoms with E-state index in [1.54, 1.807) is 12.1 Å². The Labute approximate surface area is 132 Å². The van der Waals surface area contributed by atoms with Crippen LogP contribution in [0.4, 0.5) is 11.4 Å². The maximum absolute atomic E-state index is 11.9. The van der Waals surface area contributed by atoms with Crippen LogP contribution in [0.3, 0.4) is 0 Å². The summed E-state index contributed by atoms with van der Waals surface area (Å²) in [7, 11) is 0. The number of hydrogen-bond donors (Lipinski definition) is 2. The zero-order chi connectivity index (χ0) is 15.4. The summed E-state index contributed by atoms with van der Waals surface area (Å²) in [6.07, 6.45) is 0. The van der Waals surface area contributed by atoms with Crippen LogP contribution >= 0.6 is 23.2 Å². The van der Waals surface area contributed by atoms with Gasteiger partial charge in [-0.15, -0.1) is 0 Å². The second-order valence-electron chi connectivity index (χ2n) is 4.51. The van der Waals surface area contributed by atoms with Crippen LogP contribution in [0.1, 0.15) is 5.56 Å². The highest BCUT2D eigenvalue weighted by Gasteiger charge is 2.11. The van der Waals surface area contributed by atoms with Crippen LogP contribution < -0.4 is 15.8 Å². The summed E-state index contributed by atoms with van der Waals surface area (Å²) in [6.45, 7) is 1.84. The third-order valence-corrected chi connectivity index (χ3v) is 3.32. The second-order valence-corrected chi connectivity index (χ2v) is 5.32. The Balaban J connectivity index is 1.97. The van der Waals surface area contributed by atoms with Crippen molar-refractivity contribution in [2.24, 2.45) is 0 Å². The Morgan fingerprint density at radius 3 is 2.33 bits per heavy atom. The third-order valence-electron chi connectivity index (χ3n) is 2.72. The van der Waals surface area contributed by atoms with Gasteiger partial charge in [0.05, 0.1) is 15.7 Å². The van der Waals surface area contributed by atoms with Crippen molar-refractivity contribution in [3.63, 3.8) is 0 Å². The van der Waals surface area contributed by atoms with Gasteiger partial charge in [0.25, 0.3) is 5.91 Å². The topological polar surface area (TPSA) is 64.3 Å². The summed E-state index contributed by atoms with van der Waals surface area (Å²) < 4.78 is 5.38. The van der Waals surface area contributed by atoms with Gasteiger partial charge in [0.1, 0.15) is 5.75 Å². The molecule has 0 unspecified atom stereocenters. The number of nitrogens with two attached hydrogens (primary N) is 1. The van der Waals surface area contributed by atoms with E-state index in [9.17, 15) is 4.79 Å². The molecule has 0 atom stereocenters. The number of anilines is 2. The fourth-order valence-electron chi connectivity index (χ4n) is 1.67. The average Bonchev–Trinajstić information content (AvgIpc) is 2.42. The minimum atomic E-state index is -0.357. The number of carbonyl (C=O) groups excluding carboxylic acids is 1. The molecule has 2 aromatic carbocycles. The highest BCUT2D eigenvalue weighted by Crippen LogP contribution is 2.32. The monoisotopic (exact) mass is 324 g/mol. The maximum Gasteiger partial charge on any atom is 0.262 e. The largest absolute Gasteiger partial charge is 0.484 e. The molecule has 0 saturated heterocycles. The van der Waals surface area contributed by atoms with Crippen molar-refractivity contribution in [3.05, 3.63) is 52.0 Å². The van der Waals surface area contributed by atoms with Gasteiger partial charge in [-0.25, -0.2) is 0 Å². The van der Waals surface area contributed by atoms with Crippen LogP contribution in [0.15, 0.2) is 36.4 Å². The SMILES string of the molecule is Cc1ccc(OCC(=O)Nc2c(Cl)cc(N)cc2Cl)cc1. The number of carbonyl (C=O) groups is 1. The molecular formula is C15H14Cl2N2O2. The zero-order valence-electron chi connectivity index (χ0n) is 11.3. The quantitative estimate of drug-likeness (QED) is 0.838. The normalized spacial score (nSPS) is 10.2. The van der Waals surface area contributed by atoms with Gasteiger partial charge in [0.2, 0.25) is 0 Å². The summed E-state index contributed by atoms with van der Waals surface area (Å²) in [5.41, 5.74) is 7.47. The predicted molar refractivity (Wildman–Crippen MR) is 86.2 cm³/mol. The summed E-state index contributed by atoms with van der Waals surface area (Å²) in [5.74, 6) is 0.259. The zero-order valence-corrected chi connectivity index (χ0v) is 12.8. The van der Waals surface area contributed by atoms with Gasteiger partial charge in [0, 0.05) is 5.69 Å². The Morgan fingerprint density at radius 1 is 1.19 bits per heavy atom.